The second kappa shape index (κ2) is 22.1. The molecule has 5 aliphatic rings. The van der Waals surface area contributed by atoms with E-state index in [0.29, 0.717) is 105 Å². The fourth-order valence-corrected chi connectivity index (χ4v) is 11.8. The number of carbonyl (C=O) groups excluding carboxylic acids is 2. The highest BCUT2D eigenvalue weighted by molar-refractivity contribution is 5.98. The van der Waals surface area contributed by atoms with Crippen LogP contribution in [0.15, 0.2) is 101 Å². The Balaban J connectivity index is 1.29. The minimum atomic E-state index is -1.38. The van der Waals surface area contributed by atoms with E-state index >= 15 is 0 Å². The normalized spacial score (nSPS) is 33.7. The first-order chi connectivity index (χ1) is 32.5. The summed E-state index contributed by atoms with van der Waals surface area (Å²) in [5.41, 5.74) is 10.4. The van der Waals surface area contributed by atoms with E-state index in [4.69, 9.17) is 10.5 Å². The lowest BCUT2D eigenvalue weighted by Crippen LogP contribution is -2.59. The standard InChI is InChI=1S/C56H74N4O8/c1-6-59-56(67)28-23-35(2)12-7-8-29-68-34-41(17-9-13-36(56)3)45-25-27-55(51(45)64)47-22-21-42(61)31-39-15-10-14-38(30-39)19-20-43(62)33-58-50-49-40(16-11-18-46(49)52(57)60-53(50)65)32-48(63)37(4)44(47)24-26-54(55,5)66/h9-11,13-18,23,30,42-43,45,47,50-52,58-59,61-62,64,66-67H,3,6,12,19-22,24-29,31-34,57H2,1-2,4-5H3,(H,60,65). The first-order valence-electron chi connectivity index (χ1n) is 24.7. The van der Waals surface area contributed by atoms with Gasteiger partial charge in [0.25, 0.3) is 0 Å². The molecule has 7 rings (SSSR count). The van der Waals surface area contributed by atoms with Crippen LogP contribution in [0.2, 0.25) is 0 Å². The topological polar surface area (TPSA) is 207 Å². The molecule has 366 valence electrons. The Labute approximate surface area is 402 Å². The average molecular weight is 931 g/mol. The van der Waals surface area contributed by atoms with E-state index in [9.17, 15) is 35.1 Å². The molecule has 2 aliphatic carbocycles. The van der Waals surface area contributed by atoms with E-state index in [-0.39, 0.29) is 37.9 Å². The van der Waals surface area contributed by atoms with Crippen molar-refractivity contribution in [3.05, 3.63) is 129 Å². The van der Waals surface area contributed by atoms with Crippen molar-refractivity contribution < 1.29 is 39.9 Å². The Morgan fingerprint density at radius 1 is 0.971 bits per heavy atom. The molecule has 3 aliphatic heterocycles. The number of aliphatic hydroxyl groups is 5. The molecule has 2 fully saturated rings. The molecule has 2 bridgehead atoms. The van der Waals surface area contributed by atoms with Crippen LogP contribution in [0.1, 0.15) is 126 Å². The average Bonchev–Trinajstić information content (AvgIpc) is 3.64. The van der Waals surface area contributed by atoms with E-state index < -0.39 is 59.1 Å². The van der Waals surface area contributed by atoms with Gasteiger partial charge in [0.15, 0.2) is 5.78 Å². The first kappa shape index (κ1) is 51.3. The summed E-state index contributed by atoms with van der Waals surface area (Å²) in [4.78, 5) is 28.5. The van der Waals surface area contributed by atoms with Gasteiger partial charge in [-0.1, -0.05) is 103 Å². The van der Waals surface area contributed by atoms with Crippen molar-refractivity contribution in [2.45, 2.75) is 147 Å². The van der Waals surface area contributed by atoms with Crippen LogP contribution in [0.25, 0.3) is 0 Å². The molecule has 3 heterocycles. The second-order valence-electron chi connectivity index (χ2n) is 20.2. The molecule has 2 aromatic carbocycles. The number of fused-ring (bicyclic) bond motifs is 4. The third-order valence-corrected chi connectivity index (χ3v) is 15.7. The lowest BCUT2D eigenvalue weighted by Gasteiger charge is -2.56. The number of ether oxygens (including phenoxy) is 1. The van der Waals surface area contributed by atoms with Gasteiger partial charge in [0.05, 0.1) is 30.5 Å². The predicted octanol–water partition coefficient (Wildman–Crippen LogP) is 5.54. The van der Waals surface area contributed by atoms with Gasteiger partial charge in [-0.15, -0.1) is 0 Å². The van der Waals surface area contributed by atoms with E-state index in [1.165, 1.54) is 0 Å². The van der Waals surface area contributed by atoms with Crippen molar-refractivity contribution in [3.63, 3.8) is 0 Å². The summed E-state index contributed by atoms with van der Waals surface area (Å²) in [6, 6.07) is 12.7. The number of nitrogens with two attached hydrogens (primary N) is 1. The van der Waals surface area contributed by atoms with Gasteiger partial charge in [-0.25, -0.2) is 0 Å². The van der Waals surface area contributed by atoms with Gasteiger partial charge in [-0.2, -0.15) is 0 Å². The Bertz CT molecular complexity index is 2390. The van der Waals surface area contributed by atoms with Crippen LogP contribution in [0.5, 0.6) is 0 Å². The number of nitrogens with one attached hydrogen (secondary N) is 3. The predicted molar refractivity (Wildman–Crippen MR) is 264 cm³/mol. The van der Waals surface area contributed by atoms with Gasteiger partial charge in [-0.05, 0) is 136 Å². The van der Waals surface area contributed by atoms with Crippen LogP contribution in [-0.4, -0.2) is 93.2 Å². The highest BCUT2D eigenvalue weighted by Crippen LogP contribution is 2.63. The number of β-amino-alcohol motifs (C(OH)–C–C–N with tert-alkyl or cyclic N) is 1. The number of likely N-dealkylation sites (N-methyl/N-ethyl adjacent to an activating group) is 1. The largest absolute Gasteiger partial charge is 0.393 e. The molecule has 68 heavy (non-hydrogen) atoms. The monoisotopic (exact) mass is 931 g/mol. The Hall–Kier alpha value is -4.52. The Kier molecular flexibility index (Phi) is 16.6. The molecule has 12 heteroatoms. The number of aliphatic hydroxyl groups excluding tert-OH is 3. The number of Topliss-reactive ketones (excluding diaryl/α,β-unsaturated/α-hetero) is 1. The number of allylic oxidation sites excluding steroid dienone is 5. The molecule has 0 saturated heterocycles. The van der Waals surface area contributed by atoms with E-state index in [1.807, 2.05) is 82.3 Å². The zero-order chi connectivity index (χ0) is 48.8. The molecule has 1 spiro atoms. The van der Waals surface area contributed by atoms with Crippen LogP contribution in [0.3, 0.4) is 0 Å². The van der Waals surface area contributed by atoms with Crippen molar-refractivity contribution in [2.75, 3.05) is 26.3 Å². The molecule has 0 aromatic heterocycles. The van der Waals surface area contributed by atoms with Crippen LogP contribution in [0, 0.1) is 29.1 Å². The lowest BCUT2D eigenvalue weighted by molar-refractivity contribution is -0.168. The van der Waals surface area contributed by atoms with Gasteiger partial charge in [0.1, 0.15) is 24.5 Å². The van der Waals surface area contributed by atoms with Crippen molar-refractivity contribution in [2.24, 2.45) is 23.0 Å². The quantitative estimate of drug-likeness (QED) is 0.106. The second-order valence-corrected chi connectivity index (χ2v) is 20.2. The number of rotatable bonds is 3. The number of carbonyl (C=O) groups is 2. The number of ketones is 1. The maximum Gasteiger partial charge on any atom is 0.243 e. The zero-order valence-corrected chi connectivity index (χ0v) is 40.5. The van der Waals surface area contributed by atoms with Crippen LogP contribution < -0.4 is 21.7 Å². The zero-order valence-electron chi connectivity index (χ0n) is 40.5. The summed E-state index contributed by atoms with van der Waals surface area (Å²) in [6.45, 7) is 12.8. The smallest absolute Gasteiger partial charge is 0.243 e. The van der Waals surface area contributed by atoms with Crippen molar-refractivity contribution in [1.29, 1.82) is 0 Å². The first-order valence-corrected chi connectivity index (χ1v) is 24.7. The highest BCUT2D eigenvalue weighted by Gasteiger charge is 2.64. The molecular formula is C56H74N4O8. The number of amides is 1. The molecule has 10 unspecified atom stereocenters. The van der Waals surface area contributed by atoms with Crippen LogP contribution >= 0.6 is 0 Å². The SMILES string of the molecule is C=C1C=CC=C(C2CCC3(C4CCC(O)Cc5cccc(c5)CCC(O)CNC5C(=O)NC(N)c6cccc(c65)CC(=O)C(C)=C4CCC3(C)O)C2O)COCC#CCC(C)=CCC1(O)NCC. The molecule has 10 atom stereocenters. The van der Waals surface area contributed by atoms with Gasteiger partial charge in [-0.3, -0.25) is 20.2 Å². The number of hydrogen-bond acceptors (Lipinski definition) is 11. The molecular weight excluding hydrogens is 857 g/mol. The maximum absolute atomic E-state index is 14.8. The third-order valence-electron chi connectivity index (χ3n) is 15.7. The maximum atomic E-state index is 14.8. The van der Waals surface area contributed by atoms with E-state index in [2.05, 4.69) is 40.4 Å². The minimum absolute atomic E-state index is 0.0128. The molecule has 10 N–H and O–H groups in total. The Morgan fingerprint density at radius 2 is 1.75 bits per heavy atom. The highest BCUT2D eigenvalue weighted by atomic mass is 16.5. The summed E-state index contributed by atoms with van der Waals surface area (Å²) in [5.74, 6) is 4.90. The van der Waals surface area contributed by atoms with Gasteiger partial charge in [0, 0.05) is 37.1 Å². The van der Waals surface area contributed by atoms with Gasteiger partial charge in [0.2, 0.25) is 5.91 Å². The fraction of sp³-hybridized carbons (Fsp3) is 0.536. The minimum Gasteiger partial charge on any atom is -0.393 e. The van der Waals surface area contributed by atoms with Crippen LogP contribution in [0.4, 0.5) is 0 Å². The summed E-state index contributed by atoms with van der Waals surface area (Å²) >= 11 is 0. The molecule has 1 amide bonds. The van der Waals surface area contributed by atoms with Crippen molar-refractivity contribution in [3.8, 4) is 11.8 Å². The van der Waals surface area contributed by atoms with Gasteiger partial charge < -0.3 is 41.3 Å². The van der Waals surface area contributed by atoms with Crippen molar-refractivity contribution >= 4 is 11.7 Å². The lowest BCUT2D eigenvalue weighted by atomic mass is 9.52. The summed E-state index contributed by atoms with van der Waals surface area (Å²) in [7, 11) is 0. The number of hydrogen-bond donors (Lipinski definition) is 9. The number of aryl methyl sites for hydroxylation is 1. The van der Waals surface area contributed by atoms with Gasteiger partial charge >= 0.3 is 0 Å². The summed E-state index contributed by atoms with van der Waals surface area (Å²) in [6.07, 6.45) is 8.91. The van der Waals surface area contributed by atoms with Crippen LogP contribution in [-0.2, 0) is 33.6 Å². The molecule has 12 nitrogen and oxygen atoms in total. The fourth-order valence-electron chi connectivity index (χ4n) is 11.8. The number of benzene rings is 2. The molecule has 2 aromatic rings. The third kappa shape index (κ3) is 11.1. The van der Waals surface area contributed by atoms with E-state index in [0.717, 1.165) is 27.8 Å². The Morgan fingerprint density at radius 3 is 2.54 bits per heavy atom. The van der Waals surface area contributed by atoms with Crippen molar-refractivity contribution in [1.82, 2.24) is 16.0 Å². The molecule has 0 radical (unpaired) electrons. The van der Waals surface area contributed by atoms with E-state index in [1.54, 1.807) is 6.08 Å². The summed E-state index contributed by atoms with van der Waals surface area (Å²) in [5, 5.41) is 69.7. The molecule has 2 saturated carbocycles. The summed E-state index contributed by atoms with van der Waals surface area (Å²) < 4.78 is 6.17.